The Labute approximate surface area is 168 Å². The molecule has 0 N–H and O–H groups in total. The van der Waals surface area contributed by atoms with Crippen molar-refractivity contribution < 1.29 is 14.2 Å². The van der Waals surface area contributed by atoms with Crippen molar-refractivity contribution in [2.45, 2.75) is 44.9 Å². The highest BCUT2D eigenvalue weighted by Gasteiger charge is 2.16. The molecule has 0 fully saturated rings. The zero-order valence-electron chi connectivity index (χ0n) is 16.5. The van der Waals surface area contributed by atoms with Gasteiger partial charge in [-0.1, -0.05) is 56.4 Å². The summed E-state index contributed by atoms with van der Waals surface area (Å²) in [6.45, 7) is 0.705. The molecule has 0 aliphatic rings. The van der Waals surface area contributed by atoms with Crippen molar-refractivity contribution in [3.8, 4) is 28.4 Å². The van der Waals surface area contributed by atoms with Crippen molar-refractivity contribution in [2.75, 3.05) is 26.7 Å². The topological polar surface area (TPSA) is 27.7 Å². The number of benzene rings is 2. The first kappa shape index (κ1) is 21.4. The molecule has 0 atom stereocenters. The van der Waals surface area contributed by atoms with E-state index in [1.165, 1.54) is 32.1 Å². The van der Waals surface area contributed by atoms with Crippen LogP contribution in [0.15, 0.2) is 42.5 Å². The molecule has 27 heavy (non-hydrogen) atoms. The smallest absolute Gasteiger partial charge is 0.130 e. The fourth-order valence-electron chi connectivity index (χ4n) is 3.18. The van der Waals surface area contributed by atoms with Crippen molar-refractivity contribution in [3.05, 3.63) is 42.5 Å². The van der Waals surface area contributed by atoms with Gasteiger partial charge in [0.15, 0.2) is 0 Å². The van der Waals surface area contributed by atoms with E-state index in [0.717, 1.165) is 47.1 Å². The van der Waals surface area contributed by atoms with Gasteiger partial charge in [0.2, 0.25) is 0 Å². The Morgan fingerprint density at radius 2 is 1.26 bits per heavy atom. The fourth-order valence-corrected chi connectivity index (χ4v) is 3.37. The molecule has 2 aromatic rings. The number of unbranched alkanes of at least 4 members (excludes halogenated alkanes) is 6. The second-order valence-electron chi connectivity index (χ2n) is 6.55. The van der Waals surface area contributed by atoms with E-state index in [-0.39, 0.29) is 0 Å². The molecule has 0 saturated carbocycles. The summed E-state index contributed by atoms with van der Waals surface area (Å²) < 4.78 is 17.2. The minimum absolute atomic E-state index is 0.705. The number of methoxy groups -OCH3 is 2. The van der Waals surface area contributed by atoms with E-state index in [1.807, 2.05) is 42.5 Å². The van der Waals surface area contributed by atoms with Crippen LogP contribution in [0.2, 0.25) is 0 Å². The van der Waals surface area contributed by atoms with Gasteiger partial charge < -0.3 is 14.2 Å². The molecular weight excluding hydrogens is 360 g/mol. The molecular formula is C23H31ClO3. The molecule has 0 saturated heterocycles. The van der Waals surface area contributed by atoms with Gasteiger partial charge in [0.1, 0.15) is 17.2 Å². The minimum atomic E-state index is 0.705. The molecule has 0 heterocycles. The summed E-state index contributed by atoms with van der Waals surface area (Å²) in [6, 6.07) is 13.9. The van der Waals surface area contributed by atoms with Gasteiger partial charge in [0.05, 0.1) is 26.4 Å². The number of hydrogen-bond acceptors (Lipinski definition) is 3. The van der Waals surface area contributed by atoms with Crippen LogP contribution in [0, 0.1) is 0 Å². The van der Waals surface area contributed by atoms with Gasteiger partial charge in [-0.15, -0.1) is 11.6 Å². The van der Waals surface area contributed by atoms with Crippen molar-refractivity contribution in [2.24, 2.45) is 0 Å². The summed E-state index contributed by atoms with van der Waals surface area (Å²) in [5.41, 5.74) is 1.92. The summed E-state index contributed by atoms with van der Waals surface area (Å²) in [6.07, 6.45) is 8.43. The van der Waals surface area contributed by atoms with Crippen molar-refractivity contribution in [3.63, 3.8) is 0 Å². The quantitative estimate of drug-likeness (QED) is 0.280. The predicted molar refractivity (Wildman–Crippen MR) is 114 cm³/mol. The number of halogens is 1. The van der Waals surface area contributed by atoms with Crippen LogP contribution in [0.1, 0.15) is 44.9 Å². The monoisotopic (exact) mass is 390 g/mol. The van der Waals surface area contributed by atoms with Crippen LogP contribution in [0.4, 0.5) is 0 Å². The highest BCUT2D eigenvalue weighted by Crippen LogP contribution is 2.42. The molecule has 0 aromatic heterocycles. The van der Waals surface area contributed by atoms with E-state index in [1.54, 1.807) is 14.2 Å². The van der Waals surface area contributed by atoms with Gasteiger partial charge in [0, 0.05) is 11.4 Å². The number of rotatable bonds is 13. The Bertz CT molecular complexity index is 672. The van der Waals surface area contributed by atoms with E-state index in [4.69, 9.17) is 25.8 Å². The van der Waals surface area contributed by atoms with E-state index >= 15 is 0 Å². The second-order valence-corrected chi connectivity index (χ2v) is 6.92. The van der Waals surface area contributed by atoms with E-state index in [2.05, 4.69) is 0 Å². The third kappa shape index (κ3) is 6.66. The summed E-state index contributed by atoms with van der Waals surface area (Å²) in [5.74, 6) is 3.21. The van der Waals surface area contributed by atoms with Crippen molar-refractivity contribution >= 4 is 11.6 Å². The lowest BCUT2D eigenvalue weighted by Crippen LogP contribution is -2.01. The number of ether oxygens (including phenoxy) is 3. The molecule has 0 aliphatic carbocycles. The van der Waals surface area contributed by atoms with Crippen LogP contribution < -0.4 is 14.2 Å². The average Bonchev–Trinajstić information content (AvgIpc) is 2.72. The number of alkyl halides is 1. The van der Waals surface area contributed by atoms with Crippen LogP contribution in [-0.2, 0) is 0 Å². The molecule has 4 heteroatoms. The van der Waals surface area contributed by atoms with Gasteiger partial charge in [-0.2, -0.15) is 0 Å². The van der Waals surface area contributed by atoms with Crippen LogP contribution in [0.25, 0.3) is 11.1 Å². The number of para-hydroxylation sites is 1. The Balaban J connectivity index is 1.95. The number of hydrogen-bond donors (Lipinski definition) is 0. The van der Waals surface area contributed by atoms with Gasteiger partial charge >= 0.3 is 0 Å². The van der Waals surface area contributed by atoms with Crippen LogP contribution >= 0.6 is 11.6 Å². The molecule has 0 radical (unpaired) electrons. The Morgan fingerprint density at radius 1 is 0.667 bits per heavy atom. The first-order chi connectivity index (χ1) is 13.3. The Hall–Kier alpha value is -1.87. The van der Waals surface area contributed by atoms with Crippen molar-refractivity contribution in [1.82, 2.24) is 0 Å². The van der Waals surface area contributed by atoms with Crippen LogP contribution in [0.5, 0.6) is 17.2 Å². The largest absolute Gasteiger partial charge is 0.496 e. The highest BCUT2D eigenvalue weighted by atomic mass is 35.5. The van der Waals surface area contributed by atoms with E-state index in [9.17, 15) is 0 Å². The van der Waals surface area contributed by atoms with Gasteiger partial charge in [-0.25, -0.2) is 0 Å². The molecule has 148 valence electrons. The molecule has 2 rings (SSSR count). The highest BCUT2D eigenvalue weighted by molar-refractivity contribution is 6.17. The van der Waals surface area contributed by atoms with Crippen LogP contribution in [-0.4, -0.2) is 26.7 Å². The normalized spacial score (nSPS) is 10.6. The molecule has 0 unspecified atom stereocenters. The molecule has 0 spiro atoms. The maximum absolute atomic E-state index is 6.13. The summed E-state index contributed by atoms with van der Waals surface area (Å²) in [7, 11) is 3.37. The van der Waals surface area contributed by atoms with Crippen molar-refractivity contribution in [1.29, 1.82) is 0 Å². The lowest BCUT2D eigenvalue weighted by molar-refractivity contribution is 0.303. The third-order valence-electron chi connectivity index (χ3n) is 4.62. The molecule has 0 amide bonds. The fraction of sp³-hybridized carbons (Fsp3) is 0.478. The summed E-state index contributed by atoms with van der Waals surface area (Å²) in [5, 5.41) is 0. The third-order valence-corrected chi connectivity index (χ3v) is 4.89. The Kier molecular flexibility index (Phi) is 9.93. The molecule has 0 bridgehead atoms. The SMILES string of the molecule is COc1ccccc1-c1c(OC)cccc1OCCCCCCCCCCl. The van der Waals surface area contributed by atoms with Gasteiger partial charge in [0.25, 0.3) is 0 Å². The maximum atomic E-state index is 6.13. The summed E-state index contributed by atoms with van der Waals surface area (Å²) >= 11 is 5.71. The predicted octanol–water partition coefficient (Wildman–Crippen LogP) is 6.72. The zero-order chi connectivity index (χ0) is 19.3. The molecule has 3 nitrogen and oxygen atoms in total. The second kappa shape index (κ2) is 12.5. The standard InChI is InChI=1S/C23H31ClO3/c1-25-20-14-9-8-13-19(20)23-21(26-2)15-12-16-22(23)27-18-11-7-5-3-4-6-10-17-24/h8-9,12-16H,3-7,10-11,17-18H2,1-2H3. The zero-order valence-corrected chi connectivity index (χ0v) is 17.3. The van der Waals surface area contributed by atoms with E-state index < -0.39 is 0 Å². The average molecular weight is 391 g/mol. The van der Waals surface area contributed by atoms with Gasteiger partial charge in [-0.05, 0) is 31.0 Å². The lowest BCUT2D eigenvalue weighted by atomic mass is 10.0. The summed E-state index contributed by atoms with van der Waals surface area (Å²) in [4.78, 5) is 0. The first-order valence-corrected chi connectivity index (χ1v) is 10.3. The molecule has 0 aliphatic heterocycles. The molecule has 2 aromatic carbocycles. The lowest BCUT2D eigenvalue weighted by Gasteiger charge is -2.17. The van der Waals surface area contributed by atoms with E-state index in [0.29, 0.717) is 6.61 Å². The minimum Gasteiger partial charge on any atom is -0.496 e. The first-order valence-electron chi connectivity index (χ1n) is 9.81. The van der Waals surface area contributed by atoms with Crippen LogP contribution in [0.3, 0.4) is 0 Å². The van der Waals surface area contributed by atoms with Gasteiger partial charge in [-0.3, -0.25) is 0 Å². The Morgan fingerprint density at radius 3 is 1.96 bits per heavy atom. The maximum Gasteiger partial charge on any atom is 0.130 e.